The molecular formula is C7H9ClN2OS. The van der Waals surface area contributed by atoms with Gasteiger partial charge in [-0.15, -0.1) is 11.3 Å². The van der Waals surface area contributed by atoms with Gasteiger partial charge < -0.3 is 11.5 Å². The van der Waals surface area contributed by atoms with Crippen molar-refractivity contribution in [3.63, 3.8) is 0 Å². The van der Waals surface area contributed by atoms with Crippen molar-refractivity contribution in [1.29, 1.82) is 0 Å². The summed E-state index contributed by atoms with van der Waals surface area (Å²) >= 11 is 7.06. The van der Waals surface area contributed by atoms with Crippen LogP contribution in [-0.2, 0) is 4.79 Å². The summed E-state index contributed by atoms with van der Waals surface area (Å²) in [5.41, 5.74) is 10.7. The number of primary amides is 1. The summed E-state index contributed by atoms with van der Waals surface area (Å²) in [5.74, 6) is -0.396. The van der Waals surface area contributed by atoms with Gasteiger partial charge in [0.25, 0.3) is 0 Å². The van der Waals surface area contributed by atoms with Gasteiger partial charge in [0.2, 0.25) is 5.91 Å². The van der Waals surface area contributed by atoms with Crippen LogP contribution in [0, 0.1) is 0 Å². The summed E-state index contributed by atoms with van der Waals surface area (Å²) in [6.07, 6.45) is 0.164. The topological polar surface area (TPSA) is 69.1 Å². The van der Waals surface area contributed by atoms with Crippen molar-refractivity contribution < 1.29 is 4.79 Å². The molecule has 0 aliphatic heterocycles. The summed E-state index contributed by atoms with van der Waals surface area (Å²) in [6.45, 7) is 0. The van der Waals surface area contributed by atoms with Crippen LogP contribution in [0.4, 0.5) is 0 Å². The minimum absolute atomic E-state index is 0.164. The summed E-state index contributed by atoms with van der Waals surface area (Å²) in [4.78, 5) is 11.4. The molecule has 0 aromatic carbocycles. The Labute approximate surface area is 79.3 Å². The third-order valence-electron chi connectivity index (χ3n) is 1.38. The summed E-state index contributed by atoms with van der Waals surface area (Å²) in [5, 5.41) is 0. The average molecular weight is 205 g/mol. The lowest BCUT2D eigenvalue weighted by Crippen LogP contribution is -2.19. The molecule has 66 valence electrons. The zero-order valence-corrected chi connectivity index (χ0v) is 7.86. The van der Waals surface area contributed by atoms with E-state index in [4.69, 9.17) is 23.1 Å². The molecule has 0 spiro atoms. The molecule has 0 aliphatic carbocycles. The molecule has 1 heterocycles. The predicted octanol–water partition coefficient (Wildman–Crippen LogP) is 1.28. The maximum atomic E-state index is 10.5. The summed E-state index contributed by atoms with van der Waals surface area (Å²) < 4.78 is 0.671. The van der Waals surface area contributed by atoms with E-state index in [0.717, 1.165) is 4.88 Å². The minimum Gasteiger partial charge on any atom is -0.370 e. The fourth-order valence-electron chi connectivity index (χ4n) is 0.845. The fraction of sp³-hybridized carbons (Fsp3) is 0.286. The second-order valence-corrected chi connectivity index (χ2v) is 4.17. The number of hydrogen-bond donors (Lipinski definition) is 2. The molecule has 1 rings (SSSR count). The Morgan fingerprint density at radius 3 is 2.75 bits per heavy atom. The van der Waals surface area contributed by atoms with E-state index in [0.29, 0.717) is 4.34 Å². The highest BCUT2D eigenvalue weighted by molar-refractivity contribution is 7.16. The van der Waals surface area contributed by atoms with E-state index < -0.39 is 5.91 Å². The molecule has 0 fully saturated rings. The number of rotatable bonds is 3. The first-order valence-corrected chi connectivity index (χ1v) is 4.58. The van der Waals surface area contributed by atoms with Crippen molar-refractivity contribution in [2.75, 3.05) is 0 Å². The Hall–Kier alpha value is -0.580. The van der Waals surface area contributed by atoms with Crippen LogP contribution in [0.5, 0.6) is 0 Å². The van der Waals surface area contributed by atoms with Gasteiger partial charge in [0.1, 0.15) is 0 Å². The van der Waals surface area contributed by atoms with E-state index in [2.05, 4.69) is 0 Å². The van der Waals surface area contributed by atoms with E-state index >= 15 is 0 Å². The van der Waals surface area contributed by atoms with Gasteiger partial charge in [0.05, 0.1) is 4.34 Å². The van der Waals surface area contributed by atoms with E-state index in [1.54, 1.807) is 12.1 Å². The van der Waals surface area contributed by atoms with Crippen LogP contribution in [0.15, 0.2) is 12.1 Å². The first kappa shape index (κ1) is 9.51. The molecule has 3 nitrogen and oxygen atoms in total. The maximum Gasteiger partial charge on any atom is 0.219 e. The lowest BCUT2D eigenvalue weighted by Gasteiger charge is -2.04. The van der Waals surface area contributed by atoms with E-state index in [-0.39, 0.29) is 12.5 Å². The zero-order valence-electron chi connectivity index (χ0n) is 6.29. The van der Waals surface area contributed by atoms with Crippen molar-refractivity contribution in [3.05, 3.63) is 21.3 Å². The molecule has 1 amide bonds. The van der Waals surface area contributed by atoms with Crippen LogP contribution in [0.1, 0.15) is 17.3 Å². The molecule has 0 unspecified atom stereocenters. The van der Waals surface area contributed by atoms with Crippen LogP contribution in [0.2, 0.25) is 4.34 Å². The number of carbonyl (C=O) groups is 1. The van der Waals surface area contributed by atoms with Crippen LogP contribution >= 0.6 is 22.9 Å². The van der Waals surface area contributed by atoms with Crippen LogP contribution in [0.3, 0.4) is 0 Å². The number of thiophene rings is 1. The van der Waals surface area contributed by atoms with Crippen molar-refractivity contribution in [1.82, 2.24) is 0 Å². The highest BCUT2D eigenvalue weighted by Crippen LogP contribution is 2.26. The third-order valence-corrected chi connectivity index (χ3v) is 2.74. The van der Waals surface area contributed by atoms with Gasteiger partial charge in [-0.3, -0.25) is 4.79 Å². The largest absolute Gasteiger partial charge is 0.370 e. The molecule has 0 radical (unpaired) electrons. The normalized spacial score (nSPS) is 12.8. The molecule has 1 aromatic heterocycles. The van der Waals surface area contributed by atoms with E-state index in [1.807, 2.05) is 0 Å². The van der Waals surface area contributed by atoms with Crippen molar-refractivity contribution >= 4 is 28.8 Å². The molecule has 4 N–H and O–H groups in total. The zero-order chi connectivity index (χ0) is 9.14. The number of carbonyl (C=O) groups excluding carboxylic acids is 1. The first-order valence-electron chi connectivity index (χ1n) is 3.38. The lowest BCUT2D eigenvalue weighted by molar-refractivity contribution is -0.118. The molecule has 12 heavy (non-hydrogen) atoms. The molecule has 5 heteroatoms. The molecule has 0 saturated heterocycles. The summed E-state index contributed by atoms with van der Waals surface area (Å²) in [7, 11) is 0. The number of amides is 1. The average Bonchev–Trinajstić information content (AvgIpc) is 2.34. The van der Waals surface area contributed by atoms with Gasteiger partial charge in [0, 0.05) is 17.3 Å². The first-order chi connectivity index (χ1) is 5.59. The van der Waals surface area contributed by atoms with Crippen molar-refractivity contribution in [2.45, 2.75) is 12.5 Å². The Morgan fingerprint density at radius 2 is 2.33 bits per heavy atom. The van der Waals surface area contributed by atoms with Gasteiger partial charge in [-0.05, 0) is 12.1 Å². The molecular weight excluding hydrogens is 196 g/mol. The summed E-state index contributed by atoms with van der Waals surface area (Å²) in [6, 6.07) is 3.24. The Kier molecular flexibility index (Phi) is 3.08. The van der Waals surface area contributed by atoms with Gasteiger partial charge in [-0.1, -0.05) is 11.6 Å². The highest BCUT2D eigenvalue weighted by Gasteiger charge is 2.10. The molecule has 1 aromatic rings. The standard InChI is InChI=1S/C7H9ClN2OS/c8-6-2-1-5(12-6)4(9)3-7(10)11/h1-2,4H,3,9H2,(H2,10,11)/t4-/m0/s1. The molecule has 0 saturated carbocycles. The van der Waals surface area contributed by atoms with Gasteiger partial charge in [-0.2, -0.15) is 0 Å². The lowest BCUT2D eigenvalue weighted by atomic mass is 10.2. The van der Waals surface area contributed by atoms with Crippen molar-refractivity contribution in [2.24, 2.45) is 11.5 Å². The minimum atomic E-state index is -0.396. The molecule has 0 bridgehead atoms. The Morgan fingerprint density at radius 1 is 1.67 bits per heavy atom. The number of nitrogens with two attached hydrogens (primary N) is 2. The highest BCUT2D eigenvalue weighted by atomic mass is 35.5. The predicted molar refractivity (Wildman–Crippen MR) is 50.1 cm³/mol. The van der Waals surface area contributed by atoms with Gasteiger partial charge in [-0.25, -0.2) is 0 Å². The second kappa shape index (κ2) is 3.89. The number of hydrogen-bond acceptors (Lipinski definition) is 3. The molecule has 0 aliphatic rings. The number of halogens is 1. The third kappa shape index (κ3) is 2.48. The quantitative estimate of drug-likeness (QED) is 0.779. The van der Waals surface area contributed by atoms with Gasteiger partial charge in [0.15, 0.2) is 0 Å². The SMILES string of the molecule is NC(=O)C[C@H](N)c1ccc(Cl)s1. The van der Waals surface area contributed by atoms with Crippen LogP contribution < -0.4 is 11.5 Å². The van der Waals surface area contributed by atoms with E-state index in [9.17, 15) is 4.79 Å². The van der Waals surface area contributed by atoms with E-state index in [1.165, 1.54) is 11.3 Å². The maximum absolute atomic E-state index is 10.5. The fourth-order valence-corrected chi connectivity index (χ4v) is 1.91. The van der Waals surface area contributed by atoms with Crippen LogP contribution in [0.25, 0.3) is 0 Å². The Bertz CT molecular complexity index is 287. The monoisotopic (exact) mass is 204 g/mol. The van der Waals surface area contributed by atoms with Crippen LogP contribution in [-0.4, -0.2) is 5.91 Å². The van der Waals surface area contributed by atoms with Crippen molar-refractivity contribution in [3.8, 4) is 0 Å². The second-order valence-electron chi connectivity index (χ2n) is 2.42. The Balaban J connectivity index is 2.64. The van der Waals surface area contributed by atoms with Gasteiger partial charge >= 0.3 is 0 Å². The molecule has 1 atom stereocenters. The smallest absolute Gasteiger partial charge is 0.219 e.